The number of aromatic nitrogens is 2. The summed E-state index contributed by atoms with van der Waals surface area (Å²) in [6, 6.07) is 19.2. The molecule has 144 valence electrons. The van der Waals surface area contributed by atoms with Crippen LogP contribution >= 0.6 is 0 Å². The van der Waals surface area contributed by atoms with Gasteiger partial charge in [-0.05, 0) is 5.56 Å². The van der Waals surface area contributed by atoms with Gasteiger partial charge in [-0.15, -0.1) is 0 Å². The number of esters is 1. The number of nitrogens with zero attached hydrogens (tertiary/aromatic N) is 2. The van der Waals surface area contributed by atoms with Gasteiger partial charge in [0, 0.05) is 25.5 Å². The van der Waals surface area contributed by atoms with E-state index in [4.69, 9.17) is 4.74 Å². The van der Waals surface area contributed by atoms with Gasteiger partial charge >= 0.3 is 5.97 Å². The first kappa shape index (κ1) is 19.4. The first-order valence-electron chi connectivity index (χ1n) is 9.06. The second-order valence-corrected chi connectivity index (χ2v) is 6.50. The number of rotatable bonds is 7. The molecular formula is C22H23N3O3. The number of carbonyl (C=O) groups excluding carboxylic acids is 2. The van der Waals surface area contributed by atoms with E-state index in [1.807, 2.05) is 48.5 Å². The van der Waals surface area contributed by atoms with Crippen molar-refractivity contribution >= 4 is 11.9 Å². The number of nitrogens with one attached hydrogen (secondary N) is 1. The van der Waals surface area contributed by atoms with Gasteiger partial charge in [-0.2, -0.15) is 0 Å². The Labute approximate surface area is 164 Å². The van der Waals surface area contributed by atoms with E-state index in [2.05, 4.69) is 27.0 Å². The van der Waals surface area contributed by atoms with Crippen molar-refractivity contribution in [1.29, 1.82) is 0 Å². The summed E-state index contributed by atoms with van der Waals surface area (Å²) in [5, 5.41) is 2.65. The molecular weight excluding hydrogens is 354 g/mol. The van der Waals surface area contributed by atoms with Gasteiger partial charge < -0.3 is 14.6 Å². The molecule has 0 bridgehead atoms. The summed E-state index contributed by atoms with van der Waals surface area (Å²) in [5.41, 5.74) is 3.79. The largest absolute Gasteiger partial charge is 0.467 e. The Morgan fingerprint density at radius 1 is 1.07 bits per heavy atom. The highest BCUT2D eigenvalue weighted by Crippen LogP contribution is 2.25. The molecule has 1 atom stereocenters. The van der Waals surface area contributed by atoms with Gasteiger partial charge in [0.1, 0.15) is 6.04 Å². The molecule has 1 aromatic heterocycles. The number of amides is 1. The topological polar surface area (TPSA) is 73.2 Å². The molecule has 3 rings (SSSR count). The lowest BCUT2D eigenvalue weighted by molar-refractivity contribution is -0.144. The van der Waals surface area contributed by atoms with Gasteiger partial charge in [0.2, 0.25) is 5.91 Å². The van der Waals surface area contributed by atoms with E-state index in [1.54, 1.807) is 6.33 Å². The average molecular weight is 377 g/mol. The highest BCUT2D eigenvalue weighted by atomic mass is 16.5. The quantitative estimate of drug-likeness (QED) is 0.643. The number of ether oxygens (including phenoxy) is 1. The molecule has 28 heavy (non-hydrogen) atoms. The maximum Gasteiger partial charge on any atom is 0.328 e. The molecule has 0 aliphatic carbocycles. The number of benzene rings is 2. The van der Waals surface area contributed by atoms with Crippen LogP contribution in [0.1, 0.15) is 18.2 Å². The van der Waals surface area contributed by atoms with Crippen LogP contribution < -0.4 is 5.32 Å². The van der Waals surface area contributed by atoms with Crippen molar-refractivity contribution in [3.8, 4) is 11.3 Å². The van der Waals surface area contributed by atoms with Gasteiger partial charge in [0.05, 0.1) is 24.8 Å². The molecule has 3 aromatic rings. The summed E-state index contributed by atoms with van der Waals surface area (Å²) in [4.78, 5) is 28.2. The fraction of sp³-hybridized carbons (Fsp3) is 0.227. The van der Waals surface area contributed by atoms with Crippen LogP contribution in [-0.4, -0.2) is 34.6 Å². The van der Waals surface area contributed by atoms with Crippen molar-refractivity contribution in [2.45, 2.75) is 25.9 Å². The van der Waals surface area contributed by atoms with E-state index in [9.17, 15) is 9.59 Å². The number of methoxy groups -OCH3 is 1. The van der Waals surface area contributed by atoms with Crippen molar-refractivity contribution < 1.29 is 14.3 Å². The Kier molecular flexibility index (Phi) is 6.22. The molecule has 0 saturated heterocycles. The Bertz CT molecular complexity index is 936. The highest BCUT2D eigenvalue weighted by molar-refractivity contribution is 5.83. The summed E-state index contributed by atoms with van der Waals surface area (Å²) >= 11 is 0. The highest BCUT2D eigenvalue weighted by Gasteiger charge is 2.24. The van der Waals surface area contributed by atoms with Crippen LogP contribution in [0.4, 0.5) is 0 Å². The first-order chi connectivity index (χ1) is 13.6. The lowest BCUT2D eigenvalue weighted by Crippen LogP contribution is -2.42. The number of hydrogen-bond donors (Lipinski definition) is 1. The zero-order valence-electron chi connectivity index (χ0n) is 16.0. The standard InChI is InChI=1S/C22H23N3O3/c1-16(26)24-20(22(27)28-2)13-19-21(18-11-7-4-8-12-18)25(15-23-19)14-17-9-5-3-6-10-17/h3-12,15,20H,13-14H2,1-2H3,(H,24,26)/t20-/m0/s1. The third kappa shape index (κ3) is 4.65. The van der Waals surface area contributed by atoms with E-state index in [-0.39, 0.29) is 12.3 Å². The fourth-order valence-corrected chi connectivity index (χ4v) is 3.18. The van der Waals surface area contributed by atoms with Gasteiger partial charge in [0.25, 0.3) is 0 Å². The second-order valence-electron chi connectivity index (χ2n) is 6.50. The lowest BCUT2D eigenvalue weighted by atomic mass is 10.0. The molecule has 6 heteroatoms. The molecule has 1 N–H and O–H groups in total. The minimum atomic E-state index is -0.787. The van der Waals surface area contributed by atoms with Crippen LogP contribution in [0.15, 0.2) is 67.0 Å². The molecule has 1 amide bonds. The normalized spacial score (nSPS) is 11.6. The Morgan fingerprint density at radius 3 is 2.32 bits per heavy atom. The summed E-state index contributed by atoms with van der Waals surface area (Å²) in [7, 11) is 1.31. The molecule has 0 spiro atoms. The second kappa shape index (κ2) is 8.99. The van der Waals surface area contributed by atoms with Crippen molar-refractivity contribution in [3.05, 3.63) is 78.2 Å². The van der Waals surface area contributed by atoms with E-state index < -0.39 is 12.0 Å². The average Bonchev–Trinajstić information content (AvgIpc) is 3.10. The summed E-state index contributed by atoms with van der Waals surface area (Å²) in [5.74, 6) is -0.785. The predicted molar refractivity (Wildman–Crippen MR) is 107 cm³/mol. The molecule has 0 saturated carbocycles. The van der Waals surface area contributed by atoms with Crippen LogP contribution in [0, 0.1) is 0 Å². The Morgan fingerprint density at radius 2 is 1.71 bits per heavy atom. The SMILES string of the molecule is COC(=O)[C@H](Cc1ncn(Cc2ccccc2)c1-c1ccccc1)NC(C)=O. The monoisotopic (exact) mass is 377 g/mol. The molecule has 0 aliphatic heterocycles. The van der Waals surface area contributed by atoms with E-state index in [0.717, 1.165) is 22.5 Å². The number of carbonyl (C=O) groups is 2. The van der Waals surface area contributed by atoms with Crippen molar-refractivity contribution in [2.75, 3.05) is 7.11 Å². The van der Waals surface area contributed by atoms with Crippen LogP contribution in [-0.2, 0) is 27.3 Å². The molecule has 0 fully saturated rings. The van der Waals surface area contributed by atoms with Gasteiger partial charge in [-0.1, -0.05) is 60.7 Å². The maximum absolute atomic E-state index is 12.1. The number of hydrogen-bond acceptors (Lipinski definition) is 4. The lowest BCUT2D eigenvalue weighted by Gasteiger charge is -2.16. The van der Waals surface area contributed by atoms with Crippen molar-refractivity contribution in [1.82, 2.24) is 14.9 Å². The van der Waals surface area contributed by atoms with Gasteiger partial charge in [0.15, 0.2) is 0 Å². The minimum absolute atomic E-state index is 0.248. The van der Waals surface area contributed by atoms with Crippen molar-refractivity contribution in [2.24, 2.45) is 0 Å². The van der Waals surface area contributed by atoms with Crippen LogP contribution in [0.2, 0.25) is 0 Å². The summed E-state index contributed by atoms with van der Waals surface area (Å²) in [6.45, 7) is 2.03. The van der Waals surface area contributed by atoms with Crippen LogP contribution in [0.5, 0.6) is 0 Å². The maximum atomic E-state index is 12.1. The Balaban J connectivity index is 1.98. The third-order valence-corrected chi connectivity index (χ3v) is 4.42. The minimum Gasteiger partial charge on any atom is -0.467 e. The zero-order chi connectivity index (χ0) is 19.9. The van der Waals surface area contributed by atoms with E-state index >= 15 is 0 Å². The van der Waals surface area contributed by atoms with E-state index in [1.165, 1.54) is 14.0 Å². The molecule has 1 heterocycles. The van der Waals surface area contributed by atoms with E-state index in [0.29, 0.717) is 6.54 Å². The molecule has 0 aliphatic rings. The smallest absolute Gasteiger partial charge is 0.328 e. The zero-order valence-corrected chi connectivity index (χ0v) is 16.0. The molecule has 0 radical (unpaired) electrons. The first-order valence-corrected chi connectivity index (χ1v) is 9.06. The van der Waals surface area contributed by atoms with Crippen molar-refractivity contribution in [3.63, 3.8) is 0 Å². The van der Waals surface area contributed by atoms with Crippen LogP contribution in [0.3, 0.4) is 0 Å². The summed E-state index contributed by atoms with van der Waals surface area (Å²) < 4.78 is 6.90. The molecule has 2 aromatic carbocycles. The third-order valence-electron chi connectivity index (χ3n) is 4.42. The van der Waals surface area contributed by atoms with Gasteiger partial charge in [-0.3, -0.25) is 4.79 Å². The van der Waals surface area contributed by atoms with Gasteiger partial charge in [-0.25, -0.2) is 9.78 Å². The molecule has 6 nitrogen and oxygen atoms in total. The summed E-state index contributed by atoms with van der Waals surface area (Å²) in [6.07, 6.45) is 2.02. The predicted octanol–water partition coefficient (Wildman–Crippen LogP) is 2.82. The fourth-order valence-electron chi connectivity index (χ4n) is 3.18. The molecule has 0 unspecified atom stereocenters. The number of imidazole rings is 1. The van der Waals surface area contributed by atoms with Crippen LogP contribution in [0.25, 0.3) is 11.3 Å². The Hall–Kier alpha value is -3.41.